The third-order valence-corrected chi connectivity index (χ3v) is 5.30. The lowest BCUT2D eigenvalue weighted by molar-refractivity contribution is 0.0716. The second-order valence-corrected chi connectivity index (χ2v) is 7.83. The van der Waals surface area contributed by atoms with Gasteiger partial charge in [0.15, 0.2) is 5.69 Å². The molecule has 5 nitrogen and oxygen atoms in total. The van der Waals surface area contributed by atoms with E-state index in [1.54, 1.807) is 0 Å². The van der Waals surface area contributed by atoms with E-state index >= 15 is 0 Å². The van der Waals surface area contributed by atoms with Crippen molar-refractivity contribution in [1.82, 2.24) is 14.7 Å². The predicted octanol–water partition coefficient (Wildman–Crippen LogP) is 3.21. The van der Waals surface area contributed by atoms with Crippen LogP contribution in [0.1, 0.15) is 62.3 Å². The van der Waals surface area contributed by atoms with Gasteiger partial charge < -0.3 is 14.8 Å². The maximum atomic E-state index is 12.8. The normalized spacial score (nSPS) is 17.1. The molecule has 0 radical (unpaired) electrons. The highest BCUT2D eigenvalue weighted by atomic mass is 16.3. The van der Waals surface area contributed by atoms with E-state index in [9.17, 15) is 9.90 Å². The van der Waals surface area contributed by atoms with Gasteiger partial charge in [-0.05, 0) is 30.9 Å². The molecule has 1 aliphatic rings. The molecule has 1 amide bonds. The van der Waals surface area contributed by atoms with E-state index < -0.39 is 0 Å². The van der Waals surface area contributed by atoms with E-state index in [2.05, 4.69) is 24.1 Å². The number of hydrogen-bond donors (Lipinski definition) is 2. The minimum atomic E-state index is -0.162. The third kappa shape index (κ3) is 3.87. The number of carbonyl (C=O) groups excluding carboxylic acids is 1. The van der Waals surface area contributed by atoms with Crippen molar-refractivity contribution < 1.29 is 9.90 Å². The van der Waals surface area contributed by atoms with E-state index in [1.807, 2.05) is 28.8 Å². The van der Waals surface area contributed by atoms with Crippen molar-refractivity contribution in [2.75, 3.05) is 13.2 Å². The van der Waals surface area contributed by atoms with Crippen LogP contribution >= 0.6 is 0 Å². The second kappa shape index (κ2) is 7.56. The van der Waals surface area contributed by atoms with Crippen molar-refractivity contribution in [2.24, 2.45) is 11.3 Å². The molecule has 0 unspecified atom stereocenters. The average molecular weight is 343 g/mol. The minimum Gasteiger partial charge on any atom is -0.396 e. The molecule has 0 aromatic carbocycles. The first-order chi connectivity index (χ1) is 12.0. The van der Waals surface area contributed by atoms with Gasteiger partial charge >= 0.3 is 0 Å². The predicted molar refractivity (Wildman–Crippen MR) is 98.7 cm³/mol. The van der Waals surface area contributed by atoms with Gasteiger partial charge in [-0.3, -0.25) is 4.79 Å². The van der Waals surface area contributed by atoms with Crippen LogP contribution in [0.15, 0.2) is 24.4 Å². The Labute approximate surface area is 149 Å². The van der Waals surface area contributed by atoms with Gasteiger partial charge in [-0.25, -0.2) is 4.98 Å². The van der Waals surface area contributed by atoms with Gasteiger partial charge in [0.1, 0.15) is 5.82 Å². The van der Waals surface area contributed by atoms with Crippen molar-refractivity contribution >= 4 is 11.4 Å². The summed E-state index contributed by atoms with van der Waals surface area (Å²) in [4.78, 5) is 17.4. The fraction of sp³-hybridized carbons (Fsp3) is 0.600. The number of rotatable bonds is 6. The number of hydrogen-bond acceptors (Lipinski definition) is 3. The van der Waals surface area contributed by atoms with Gasteiger partial charge in [-0.2, -0.15) is 0 Å². The van der Waals surface area contributed by atoms with E-state index in [-0.39, 0.29) is 17.9 Å². The fourth-order valence-electron chi connectivity index (χ4n) is 3.82. The van der Waals surface area contributed by atoms with Crippen LogP contribution < -0.4 is 5.32 Å². The fourth-order valence-corrected chi connectivity index (χ4v) is 3.82. The summed E-state index contributed by atoms with van der Waals surface area (Å²) in [6, 6.07) is 5.83. The molecule has 0 spiro atoms. The molecular formula is C20H29N3O2. The van der Waals surface area contributed by atoms with Crippen LogP contribution in [0.3, 0.4) is 0 Å². The molecule has 2 heterocycles. The minimum absolute atomic E-state index is 0.135. The Hall–Kier alpha value is -1.88. The first-order valence-electron chi connectivity index (χ1n) is 9.40. The summed E-state index contributed by atoms with van der Waals surface area (Å²) in [7, 11) is 0. The molecular weight excluding hydrogens is 314 g/mol. The lowest BCUT2D eigenvalue weighted by atomic mass is 9.74. The smallest absolute Gasteiger partial charge is 0.272 e. The molecule has 0 bridgehead atoms. The largest absolute Gasteiger partial charge is 0.396 e. The van der Waals surface area contributed by atoms with Crippen LogP contribution in [0.5, 0.6) is 0 Å². The topological polar surface area (TPSA) is 66.6 Å². The van der Waals surface area contributed by atoms with Gasteiger partial charge in [0.25, 0.3) is 5.91 Å². The Morgan fingerprint density at radius 2 is 2.08 bits per heavy atom. The Morgan fingerprint density at radius 1 is 1.32 bits per heavy atom. The number of nitrogens with zero attached hydrogens (tertiary/aromatic N) is 2. The van der Waals surface area contributed by atoms with Gasteiger partial charge in [0.05, 0.1) is 12.1 Å². The lowest BCUT2D eigenvalue weighted by Gasteiger charge is -2.35. The van der Waals surface area contributed by atoms with Gasteiger partial charge in [0, 0.05) is 24.6 Å². The molecule has 2 aromatic rings. The van der Waals surface area contributed by atoms with Crippen LogP contribution in [0, 0.1) is 11.3 Å². The van der Waals surface area contributed by atoms with Crippen LogP contribution in [0.25, 0.3) is 5.52 Å². The van der Waals surface area contributed by atoms with Crippen LogP contribution in [-0.4, -0.2) is 33.6 Å². The standard InChI is InChI=1S/C20H29N3O2/c1-15(2)12-17-22-18(16-8-4-7-11-23(16)17)19(25)21-13-20(14-24)9-5-3-6-10-20/h4,7-8,11,15,24H,3,5-6,9-10,12-14H2,1-2H3,(H,21,25). The first-order valence-corrected chi connectivity index (χ1v) is 9.40. The molecule has 3 rings (SSSR count). The SMILES string of the molecule is CC(C)Cc1nc(C(=O)NCC2(CO)CCCCC2)c2ccccn12. The summed E-state index contributed by atoms with van der Waals surface area (Å²) in [6.45, 7) is 4.96. The van der Waals surface area contributed by atoms with Crippen molar-refractivity contribution in [3.63, 3.8) is 0 Å². The zero-order valence-electron chi connectivity index (χ0n) is 15.3. The zero-order chi connectivity index (χ0) is 17.9. The summed E-state index contributed by atoms with van der Waals surface area (Å²) in [5.74, 6) is 1.25. The van der Waals surface area contributed by atoms with Crippen molar-refractivity contribution in [1.29, 1.82) is 0 Å². The van der Waals surface area contributed by atoms with Crippen LogP contribution in [0.4, 0.5) is 0 Å². The highest BCUT2D eigenvalue weighted by Crippen LogP contribution is 2.35. The van der Waals surface area contributed by atoms with E-state index in [4.69, 9.17) is 0 Å². The molecule has 1 saturated carbocycles. The van der Waals surface area contributed by atoms with Crippen molar-refractivity contribution in [3.05, 3.63) is 35.9 Å². The summed E-state index contributed by atoms with van der Waals surface area (Å²) in [5, 5.41) is 12.9. The number of aliphatic hydroxyl groups excluding tert-OH is 1. The highest BCUT2D eigenvalue weighted by molar-refractivity contribution is 5.99. The molecule has 1 aliphatic carbocycles. The molecule has 0 atom stereocenters. The maximum Gasteiger partial charge on any atom is 0.272 e. The summed E-state index contributed by atoms with van der Waals surface area (Å²) < 4.78 is 2.01. The van der Waals surface area contributed by atoms with Crippen LogP contribution in [-0.2, 0) is 6.42 Å². The number of pyridine rings is 1. The van der Waals surface area contributed by atoms with Gasteiger partial charge in [-0.15, -0.1) is 0 Å². The van der Waals surface area contributed by atoms with Gasteiger partial charge in [-0.1, -0.05) is 39.2 Å². The number of imidazole rings is 1. The molecule has 136 valence electrons. The Morgan fingerprint density at radius 3 is 2.76 bits per heavy atom. The molecule has 2 aromatic heterocycles. The van der Waals surface area contributed by atoms with Crippen molar-refractivity contribution in [3.8, 4) is 0 Å². The number of aromatic nitrogens is 2. The Bertz CT molecular complexity index is 730. The van der Waals surface area contributed by atoms with Crippen molar-refractivity contribution in [2.45, 2.75) is 52.4 Å². The quantitative estimate of drug-likeness (QED) is 0.846. The Kier molecular flexibility index (Phi) is 5.42. The average Bonchev–Trinajstić information content (AvgIpc) is 2.99. The van der Waals surface area contributed by atoms with E-state index in [0.29, 0.717) is 18.2 Å². The maximum absolute atomic E-state index is 12.8. The molecule has 2 N–H and O–H groups in total. The van der Waals surface area contributed by atoms with E-state index in [1.165, 1.54) is 6.42 Å². The summed E-state index contributed by atoms with van der Waals surface area (Å²) >= 11 is 0. The van der Waals surface area contributed by atoms with Gasteiger partial charge in [0.2, 0.25) is 0 Å². The third-order valence-electron chi connectivity index (χ3n) is 5.30. The zero-order valence-corrected chi connectivity index (χ0v) is 15.3. The first kappa shape index (κ1) is 17.9. The monoisotopic (exact) mass is 343 g/mol. The second-order valence-electron chi connectivity index (χ2n) is 7.83. The number of nitrogens with one attached hydrogen (secondary N) is 1. The molecule has 1 fully saturated rings. The molecule has 0 aliphatic heterocycles. The number of fused-ring (bicyclic) bond motifs is 1. The molecule has 25 heavy (non-hydrogen) atoms. The highest BCUT2D eigenvalue weighted by Gasteiger charge is 2.32. The Balaban J connectivity index is 1.80. The number of aliphatic hydroxyl groups is 1. The molecule has 5 heteroatoms. The summed E-state index contributed by atoms with van der Waals surface area (Å²) in [6.07, 6.45) is 8.23. The molecule has 0 saturated heterocycles. The lowest BCUT2D eigenvalue weighted by Crippen LogP contribution is -2.41. The number of amides is 1. The van der Waals surface area contributed by atoms with Crippen LogP contribution in [0.2, 0.25) is 0 Å². The van der Waals surface area contributed by atoms with E-state index in [0.717, 1.165) is 43.4 Å². The number of carbonyl (C=O) groups is 1. The summed E-state index contributed by atoms with van der Waals surface area (Å²) in [5.41, 5.74) is 1.17.